The monoisotopic (exact) mass is 741 g/mol. The van der Waals surface area contributed by atoms with Gasteiger partial charge in [0.2, 0.25) is 6.23 Å². The average molecular weight is 742 g/mol. The molecule has 0 spiro atoms. The van der Waals surface area contributed by atoms with Crippen molar-refractivity contribution in [1.82, 2.24) is 9.55 Å². The van der Waals surface area contributed by atoms with E-state index in [2.05, 4.69) is 43.6 Å². The minimum Gasteiger partial charge on any atom is -0.463 e. The Bertz CT molecular complexity index is 1700. The van der Waals surface area contributed by atoms with E-state index in [4.69, 9.17) is 19.9 Å². The highest BCUT2D eigenvalue weighted by Crippen LogP contribution is 2.59. The number of halogens is 2. The van der Waals surface area contributed by atoms with E-state index in [0.29, 0.717) is 34.7 Å². The number of carbonyl (C=O) groups excluding carboxylic acids is 2. The van der Waals surface area contributed by atoms with Gasteiger partial charge in [0, 0.05) is 6.20 Å². The maximum absolute atomic E-state index is 14.8. The smallest absolute Gasteiger partial charge is 0.351 e. The van der Waals surface area contributed by atoms with Crippen molar-refractivity contribution in [2.24, 2.45) is 29.1 Å². The Hall–Kier alpha value is -3.68. The number of esters is 2. The lowest BCUT2D eigenvalue weighted by Gasteiger charge is -2.44. The third-order valence-corrected chi connectivity index (χ3v) is 12.3. The minimum atomic E-state index is -3.89. The molecule has 2 heterocycles. The molecule has 0 amide bonds. The Morgan fingerprint density at radius 1 is 1.13 bits per heavy atom. The number of aliphatic hydroxyl groups excluding tert-OH is 2. The molecule has 4 aliphatic carbocycles. The van der Waals surface area contributed by atoms with Crippen molar-refractivity contribution in [3.63, 3.8) is 0 Å². The summed E-state index contributed by atoms with van der Waals surface area (Å²) in [4.78, 5) is 40.7. The van der Waals surface area contributed by atoms with Gasteiger partial charge in [0.25, 0.3) is 0 Å². The van der Waals surface area contributed by atoms with Crippen LogP contribution in [-0.4, -0.2) is 68.6 Å². The zero-order valence-corrected chi connectivity index (χ0v) is 30.6. The number of allylic oxidation sites excluding steroid dienone is 4. The number of ether oxygens (including phenoxy) is 3. The van der Waals surface area contributed by atoms with Gasteiger partial charge in [-0.15, -0.1) is 0 Å². The molecule has 0 radical (unpaired) electrons. The number of hydrogen-bond donors (Lipinski definition) is 3. The second-order valence-corrected chi connectivity index (χ2v) is 15.9. The van der Waals surface area contributed by atoms with Crippen molar-refractivity contribution in [2.75, 3.05) is 12.3 Å². The number of anilines is 1. The van der Waals surface area contributed by atoms with Gasteiger partial charge in [-0.25, -0.2) is 4.79 Å². The second-order valence-electron chi connectivity index (χ2n) is 15.9. The molecule has 1 saturated heterocycles. The van der Waals surface area contributed by atoms with Crippen LogP contribution in [0.4, 0.5) is 14.6 Å². The molecule has 9 atom stereocenters. The van der Waals surface area contributed by atoms with Crippen LogP contribution >= 0.6 is 0 Å². The first-order valence-electron chi connectivity index (χ1n) is 19.0. The first-order valence-corrected chi connectivity index (χ1v) is 19.0. The number of nitrogen functional groups attached to an aromatic ring is 1. The molecule has 1 aromatic rings. The normalized spacial score (nSPS) is 34.0. The summed E-state index contributed by atoms with van der Waals surface area (Å²) in [6, 6.07) is 1.14. The number of nitrogens with zero attached hydrogens (tertiary/aromatic N) is 2. The van der Waals surface area contributed by atoms with E-state index in [-0.39, 0.29) is 30.2 Å². The lowest BCUT2D eigenvalue weighted by molar-refractivity contribution is -0.156. The zero-order valence-electron chi connectivity index (χ0n) is 30.6. The van der Waals surface area contributed by atoms with Crippen LogP contribution in [0.3, 0.4) is 0 Å². The second kappa shape index (κ2) is 16.0. The number of fused-ring (bicyclic) bond motifs is 1. The molecule has 5 aliphatic rings. The van der Waals surface area contributed by atoms with E-state index >= 15 is 0 Å². The van der Waals surface area contributed by atoms with E-state index < -0.39 is 54.7 Å². The number of nitrogens with two attached hydrogens (primary N) is 1. The molecular formula is C40H53F2N3O8. The molecule has 6 rings (SSSR count). The van der Waals surface area contributed by atoms with Crippen molar-refractivity contribution >= 4 is 17.8 Å². The summed E-state index contributed by atoms with van der Waals surface area (Å²) in [5.41, 5.74) is 7.82. The summed E-state index contributed by atoms with van der Waals surface area (Å²) in [5.74, 6) is -3.59. The van der Waals surface area contributed by atoms with Gasteiger partial charge in [0.1, 0.15) is 24.6 Å². The average Bonchev–Trinajstić information content (AvgIpc) is 3.87. The van der Waals surface area contributed by atoms with Gasteiger partial charge >= 0.3 is 23.6 Å². The Morgan fingerprint density at radius 3 is 2.62 bits per heavy atom. The standard InChI is InChI=1S/C40H53F2N3O8/c1-23(9-16-30(46)27-12-13-27)28-14-15-29-26(7-5-20-39(28,29)3)11-10-25-6-4-8-31(24(25)2)52-35(48)18-17-34(47)51-22-32-36(49)40(41,42)37(53-32)45-21-19-33(43)44-38(45)50/h9-11,16,19,21,23,27-32,36-37,46,49H,2,4-8,12-15,17-18,20,22H2,1,3H3,(H2,43,44,50)/b16-9+,25-10-,26-11+/t23-,28?,29?,30?,31?,32?,36?,37?,39+/m0/s1. The maximum Gasteiger partial charge on any atom is 0.351 e. The number of alkyl halides is 2. The molecule has 53 heavy (non-hydrogen) atoms. The SMILES string of the molecule is C=C1/C(=C\C=C2/CCC[C@@]3(C)C2CCC3[C@@H](C)/C=C/C(O)C2CC2)CCCC1OC(=O)CCC(=O)OCC1OC(n2ccc(N)nc2=O)C(F)(F)C1O. The molecule has 0 aromatic carbocycles. The molecule has 7 unspecified atom stereocenters. The Labute approximate surface area is 309 Å². The predicted molar refractivity (Wildman–Crippen MR) is 192 cm³/mol. The van der Waals surface area contributed by atoms with Crippen LogP contribution in [0.2, 0.25) is 0 Å². The third kappa shape index (κ3) is 8.52. The summed E-state index contributed by atoms with van der Waals surface area (Å²) in [6.45, 7) is 8.29. The molecule has 5 fully saturated rings. The number of aliphatic hydroxyl groups is 2. The van der Waals surface area contributed by atoms with Crippen LogP contribution in [0.5, 0.6) is 0 Å². The summed E-state index contributed by atoms with van der Waals surface area (Å²) in [7, 11) is 0. The topological polar surface area (TPSA) is 163 Å². The van der Waals surface area contributed by atoms with Crippen molar-refractivity contribution in [1.29, 1.82) is 0 Å². The van der Waals surface area contributed by atoms with Crippen LogP contribution in [0.1, 0.15) is 97.1 Å². The van der Waals surface area contributed by atoms with Gasteiger partial charge in [-0.3, -0.25) is 14.2 Å². The fourth-order valence-electron chi connectivity index (χ4n) is 9.09. The van der Waals surface area contributed by atoms with Crippen molar-refractivity contribution in [2.45, 2.75) is 127 Å². The van der Waals surface area contributed by atoms with Gasteiger partial charge in [-0.2, -0.15) is 13.8 Å². The molecule has 1 aliphatic heterocycles. The zero-order chi connectivity index (χ0) is 38.1. The predicted octanol–water partition coefficient (Wildman–Crippen LogP) is 5.73. The summed E-state index contributed by atoms with van der Waals surface area (Å²) in [5, 5.41) is 20.5. The van der Waals surface area contributed by atoms with Gasteiger partial charge in [0.05, 0.1) is 18.9 Å². The highest BCUT2D eigenvalue weighted by Gasteiger charge is 2.60. The molecule has 4 N–H and O–H groups in total. The lowest BCUT2D eigenvalue weighted by atomic mass is 9.61. The molecule has 4 saturated carbocycles. The quantitative estimate of drug-likeness (QED) is 0.178. The first-order chi connectivity index (χ1) is 25.2. The van der Waals surface area contributed by atoms with Gasteiger partial charge in [-0.1, -0.05) is 50.3 Å². The van der Waals surface area contributed by atoms with Crippen molar-refractivity contribution in [3.8, 4) is 0 Å². The molecule has 0 bridgehead atoms. The van der Waals surface area contributed by atoms with Crippen LogP contribution in [0.25, 0.3) is 0 Å². The van der Waals surface area contributed by atoms with E-state index in [9.17, 15) is 33.4 Å². The molecule has 11 nitrogen and oxygen atoms in total. The molecule has 13 heteroatoms. The first kappa shape index (κ1) is 39.0. The van der Waals surface area contributed by atoms with Gasteiger partial charge in [0.15, 0.2) is 6.10 Å². The fraction of sp³-hybridized carbons (Fsp3) is 0.650. The highest BCUT2D eigenvalue weighted by atomic mass is 19.3. The number of aromatic nitrogens is 2. The van der Waals surface area contributed by atoms with Crippen molar-refractivity contribution in [3.05, 3.63) is 70.3 Å². The van der Waals surface area contributed by atoms with E-state index in [1.54, 1.807) is 0 Å². The summed E-state index contributed by atoms with van der Waals surface area (Å²) in [6.07, 6.45) is 12.3. The van der Waals surface area contributed by atoms with Gasteiger partial charge < -0.3 is 30.2 Å². The lowest BCUT2D eigenvalue weighted by Crippen LogP contribution is -2.42. The molecule has 290 valence electrons. The van der Waals surface area contributed by atoms with E-state index in [1.165, 1.54) is 18.4 Å². The van der Waals surface area contributed by atoms with Crippen molar-refractivity contribution < 1.29 is 42.8 Å². The largest absolute Gasteiger partial charge is 0.463 e. The number of carbonyl (C=O) groups is 2. The summed E-state index contributed by atoms with van der Waals surface area (Å²) >= 11 is 0. The van der Waals surface area contributed by atoms with Crippen LogP contribution < -0.4 is 11.4 Å². The number of rotatable bonds is 12. The van der Waals surface area contributed by atoms with E-state index in [0.717, 1.165) is 68.4 Å². The fourth-order valence-corrected chi connectivity index (χ4v) is 9.09. The molecular weight excluding hydrogens is 688 g/mol. The number of hydrogen-bond acceptors (Lipinski definition) is 10. The Morgan fingerprint density at radius 2 is 1.89 bits per heavy atom. The van der Waals surface area contributed by atoms with Crippen LogP contribution in [0, 0.1) is 29.1 Å². The Kier molecular flexibility index (Phi) is 11.8. The van der Waals surface area contributed by atoms with Crippen LogP contribution in [0.15, 0.2) is 64.7 Å². The third-order valence-electron chi connectivity index (χ3n) is 12.3. The Balaban J connectivity index is 0.978. The minimum absolute atomic E-state index is 0.167. The van der Waals surface area contributed by atoms with Crippen LogP contribution in [-0.2, 0) is 23.8 Å². The maximum atomic E-state index is 14.8. The highest BCUT2D eigenvalue weighted by molar-refractivity contribution is 5.78. The van der Waals surface area contributed by atoms with Gasteiger partial charge in [-0.05, 0) is 111 Å². The molecule has 1 aromatic heterocycles. The summed E-state index contributed by atoms with van der Waals surface area (Å²) < 4.78 is 46.0. The van der Waals surface area contributed by atoms with E-state index in [1.807, 2.05) is 6.08 Å².